The van der Waals surface area contributed by atoms with Crippen molar-refractivity contribution in [3.63, 3.8) is 0 Å². The van der Waals surface area contributed by atoms with Gasteiger partial charge in [0, 0.05) is 29.1 Å². The number of nitro groups is 1. The van der Waals surface area contributed by atoms with Gasteiger partial charge in [-0.25, -0.2) is 9.48 Å². The summed E-state index contributed by atoms with van der Waals surface area (Å²) in [5.41, 5.74) is 1.23. The van der Waals surface area contributed by atoms with E-state index in [9.17, 15) is 19.7 Å². The summed E-state index contributed by atoms with van der Waals surface area (Å²) in [6, 6.07) is 12.3. The number of benzene rings is 2. The number of anilines is 1. The lowest BCUT2D eigenvalue weighted by Gasteiger charge is -2.09. The highest BCUT2D eigenvalue weighted by molar-refractivity contribution is 6.06. The molecule has 9 nitrogen and oxygen atoms in total. The number of carboxylic acid groups (broad SMARTS) is 1. The zero-order chi connectivity index (χ0) is 19.6. The molecule has 3 aromatic rings. The van der Waals surface area contributed by atoms with Crippen LogP contribution in [0.2, 0.25) is 0 Å². The van der Waals surface area contributed by atoms with Crippen molar-refractivity contribution in [2.24, 2.45) is 0 Å². The first-order chi connectivity index (χ1) is 12.9. The number of hydrogen-bond acceptors (Lipinski definition) is 5. The molecule has 0 radical (unpaired) electrons. The van der Waals surface area contributed by atoms with Crippen molar-refractivity contribution in [3.05, 3.63) is 81.7 Å². The molecule has 1 amide bonds. The summed E-state index contributed by atoms with van der Waals surface area (Å²) in [5, 5.41) is 26.6. The Hall–Kier alpha value is -4.01. The molecule has 0 aliphatic rings. The van der Waals surface area contributed by atoms with Gasteiger partial charge in [0.15, 0.2) is 5.69 Å². The quantitative estimate of drug-likeness (QED) is 0.528. The van der Waals surface area contributed by atoms with Crippen LogP contribution in [0.5, 0.6) is 0 Å². The molecule has 0 aliphatic carbocycles. The molecule has 0 unspecified atom stereocenters. The van der Waals surface area contributed by atoms with E-state index in [1.807, 2.05) is 0 Å². The largest absolute Gasteiger partial charge is 0.476 e. The zero-order valence-corrected chi connectivity index (χ0v) is 14.1. The minimum Gasteiger partial charge on any atom is -0.476 e. The van der Waals surface area contributed by atoms with Crippen molar-refractivity contribution in [2.45, 2.75) is 6.92 Å². The van der Waals surface area contributed by atoms with Crippen LogP contribution in [0.4, 0.5) is 11.4 Å². The highest BCUT2D eigenvalue weighted by Crippen LogP contribution is 2.22. The summed E-state index contributed by atoms with van der Waals surface area (Å²) in [6.07, 6.45) is 1.50. The van der Waals surface area contributed by atoms with Crippen LogP contribution in [0.3, 0.4) is 0 Å². The lowest BCUT2D eigenvalue weighted by atomic mass is 10.1. The average molecular weight is 366 g/mol. The lowest BCUT2D eigenvalue weighted by Crippen LogP contribution is -2.14. The number of nitrogens with one attached hydrogen (secondary N) is 1. The molecule has 3 rings (SSSR count). The van der Waals surface area contributed by atoms with E-state index in [1.54, 1.807) is 24.3 Å². The van der Waals surface area contributed by atoms with Gasteiger partial charge < -0.3 is 10.4 Å². The maximum Gasteiger partial charge on any atom is 0.356 e. The summed E-state index contributed by atoms with van der Waals surface area (Å²) in [5.74, 6) is -1.63. The number of nitrogens with zero attached hydrogens (tertiary/aromatic N) is 3. The summed E-state index contributed by atoms with van der Waals surface area (Å²) in [7, 11) is 0. The molecule has 0 spiro atoms. The van der Waals surface area contributed by atoms with Crippen molar-refractivity contribution in [2.75, 3.05) is 5.32 Å². The van der Waals surface area contributed by atoms with Gasteiger partial charge in [0.25, 0.3) is 11.6 Å². The molecule has 9 heteroatoms. The predicted molar refractivity (Wildman–Crippen MR) is 96.3 cm³/mol. The minimum absolute atomic E-state index is 0.100. The molecule has 0 saturated carbocycles. The number of carbonyl (C=O) groups excluding carboxylic acids is 1. The molecule has 2 N–H and O–H groups in total. The average Bonchev–Trinajstić information content (AvgIpc) is 3.12. The Morgan fingerprint density at radius 3 is 2.59 bits per heavy atom. The number of amides is 1. The molecule has 1 aromatic heterocycles. The Kier molecular flexibility index (Phi) is 4.67. The van der Waals surface area contributed by atoms with Gasteiger partial charge in [-0.2, -0.15) is 5.10 Å². The maximum absolute atomic E-state index is 12.5. The van der Waals surface area contributed by atoms with Crippen molar-refractivity contribution >= 4 is 23.3 Å². The van der Waals surface area contributed by atoms with Gasteiger partial charge in [0.05, 0.1) is 10.6 Å². The fourth-order valence-corrected chi connectivity index (χ4v) is 2.57. The molecule has 0 bridgehead atoms. The van der Waals surface area contributed by atoms with E-state index in [1.165, 1.54) is 42.1 Å². The number of carboxylic acids is 1. The molecule has 0 aliphatic heterocycles. The summed E-state index contributed by atoms with van der Waals surface area (Å²) in [6.45, 7) is 1.51. The smallest absolute Gasteiger partial charge is 0.356 e. The Balaban J connectivity index is 1.86. The summed E-state index contributed by atoms with van der Waals surface area (Å²) >= 11 is 0. The fourth-order valence-electron chi connectivity index (χ4n) is 2.57. The second kappa shape index (κ2) is 7.08. The van der Waals surface area contributed by atoms with E-state index >= 15 is 0 Å². The van der Waals surface area contributed by atoms with Crippen molar-refractivity contribution in [1.29, 1.82) is 0 Å². The van der Waals surface area contributed by atoms with Crippen LogP contribution in [-0.2, 0) is 0 Å². The van der Waals surface area contributed by atoms with Gasteiger partial charge in [-0.15, -0.1) is 0 Å². The van der Waals surface area contributed by atoms with Crippen LogP contribution in [0.1, 0.15) is 26.4 Å². The monoisotopic (exact) mass is 366 g/mol. The predicted octanol–water partition coefficient (Wildman–Crippen LogP) is 3.04. The fraction of sp³-hybridized carbons (Fsp3) is 0.0556. The molecule has 0 fully saturated rings. The topological polar surface area (TPSA) is 127 Å². The molecule has 2 aromatic carbocycles. The first-order valence-electron chi connectivity index (χ1n) is 7.81. The Bertz CT molecular complexity index is 1060. The highest BCUT2D eigenvalue weighted by Gasteiger charge is 2.18. The van der Waals surface area contributed by atoms with Crippen molar-refractivity contribution < 1.29 is 19.6 Å². The summed E-state index contributed by atoms with van der Waals surface area (Å²) in [4.78, 5) is 34.0. The van der Waals surface area contributed by atoms with Crippen LogP contribution in [0, 0.1) is 17.0 Å². The van der Waals surface area contributed by atoms with Crippen LogP contribution in [0.15, 0.2) is 54.7 Å². The first kappa shape index (κ1) is 17.8. The van der Waals surface area contributed by atoms with Gasteiger partial charge >= 0.3 is 5.97 Å². The Labute approximate surface area is 153 Å². The van der Waals surface area contributed by atoms with Gasteiger partial charge in [0.2, 0.25) is 0 Å². The third kappa shape index (κ3) is 3.66. The molecule has 0 atom stereocenters. The zero-order valence-electron chi connectivity index (χ0n) is 14.1. The number of carbonyl (C=O) groups is 2. The Morgan fingerprint density at radius 1 is 1.19 bits per heavy atom. The second-order valence-electron chi connectivity index (χ2n) is 5.66. The lowest BCUT2D eigenvalue weighted by molar-refractivity contribution is -0.385. The number of aromatic nitrogens is 2. The normalized spacial score (nSPS) is 10.4. The van der Waals surface area contributed by atoms with E-state index in [0.717, 1.165) is 0 Å². The van der Waals surface area contributed by atoms with Gasteiger partial charge in [0.1, 0.15) is 0 Å². The third-order valence-electron chi connectivity index (χ3n) is 3.92. The van der Waals surface area contributed by atoms with Gasteiger partial charge in [-0.1, -0.05) is 12.1 Å². The van der Waals surface area contributed by atoms with E-state index in [2.05, 4.69) is 10.4 Å². The van der Waals surface area contributed by atoms with E-state index in [0.29, 0.717) is 11.4 Å². The minimum atomic E-state index is -1.14. The first-order valence-corrected chi connectivity index (χ1v) is 7.81. The van der Waals surface area contributed by atoms with Crippen molar-refractivity contribution in [1.82, 2.24) is 9.78 Å². The van der Waals surface area contributed by atoms with E-state index < -0.39 is 16.8 Å². The van der Waals surface area contributed by atoms with Crippen LogP contribution >= 0.6 is 0 Å². The molecule has 136 valence electrons. The van der Waals surface area contributed by atoms with Crippen LogP contribution < -0.4 is 5.32 Å². The third-order valence-corrected chi connectivity index (χ3v) is 3.92. The standard InChI is InChI=1S/C18H14N4O5/c1-11-14(6-3-7-16(11)22(26)27)17(23)19-12-4-2-5-13(10-12)21-9-8-15(20-21)18(24)25/h2-10H,1H3,(H,19,23)(H,24,25). The molecular weight excluding hydrogens is 352 g/mol. The molecule has 1 heterocycles. The van der Waals surface area contributed by atoms with Crippen molar-refractivity contribution in [3.8, 4) is 5.69 Å². The summed E-state index contributed by atoms with van der Waals surface area (Å²) < 4.78 is 1.37. The van der Waals surface area contributed by atoms with E-state index in [4.69, 9.17) is 5.11 Å². The SMILES string of the molecule is Cc1c(C(=O)Nc2cccc(-n3ccc(C(=O)O)n3)c2)cccc1[N+](=O)[O-]. The number of aromatic carboxylic acids is 1. The van der Waals surface area contributed by atoms with E-state index in [-0.39, 0.29) is 22.5 Å². The maximum atomic E-state index is 12.5. The van der Waals surface area contributed by atoms with Crippen LogP contribution in [0.25, 0.3) is 5.69 Å². The number of rotatable bonds is 5. The highest BCUT2D eigenvalue weighted by atomic mass is 16.6. The number of hydrogen-bond donors (Lipinski definition) is 2. The second-order valence-corrected chi connectivity index (χ2v) is 5.66. The van der Waals surface area contributed by atoms with Gasteiger partial charge in [-0.3, -0.25) is 14.9 Å². The number of nitro benzene ring substituents is 1. The van der Waals surface area contributed by atoms with Crippen LogP contribution in [-0.4, -0.2) is 31.7 Å². The molecule has 27 heavy (non-hydrogen) atoms. The Morgan fingerprint density at radius 2 is 1.93 bits per heavy atom. The molecular formula is C18H14N4O5. The molecule has 0 saturated heterocycles. The van der Waals surface area contributed by atoms with Gasteiger partial charge in [-0.05, 0) is 37.3 Å².